The van der Waals surface area contributed by atoms with Crippen LogP contribution in [0.15, 0.2) is 0 Å². The molecule has 0 saturated carbocycles. The molecular weight excluding hydrogens is 380 g/mol. The van der Waals surface area contributed by atoms with Crippen molar-refractivity contribution in [2.75, 3.05) is 27.4 Å². The van der Waals surface area contributed by atoms with Crippen LogP contribution < -0.4 is 0 Å². The van der Waals surface area contributed by atoms with Gasteiger partial charge in [-0.05, 0) is 38.5 Å². The molecule has 0 aliphatic carbocycles. The fourth-order valence-corrected chi connectivity index (χ4v) is 4.19. The van der Waals surface area contributed by atoms with Gasteiger partial charge in [-0.2, -0.15) is 0 Å². The number of ether oxygens (including phenoxy) is 5. The van der Waals surface area contributed by atoms with Gasteiger partial charge >= 0.3 is 11.9 Å². The van der Waals surface area contributed by atoms with E-state index in [0.29, 0.717) is 38.9 Å². The lowest BCUT2D eigenvalue weighted by molar-refractivity contribution is -0.286. The second-order valence-corrected chi connectivity index (χ2v) is 7.98. The van der Waals surface area contributed by atoms with E-state index in [1.165, 1.54) is 0 Å². The Hall–Kier alpha value is -1.22. The summed E-state index contributed by atoms with van der Waals surface area (Å²) in [7, 11) is 3.36. The Morgan fingerprint density at radius 3 is 2.10 bits per heavy atom. The van der Waals surface area contributed by atoms with E-state index in [2.05, 4.69) is 6.92 Å². The van der Waals surface area contributed by atoms with Crippen LogP contribution in [0.1, 0.15) is 65.2 Å². The van der Waals surface area contributed by atoms with E-state index in [9.17, 15) is 9.59 Å². The average Bonchev–Trinajstić information content (AvgIpc) is 2.66. The summed E-state index contributed by atoms with van der Waals surface area (Å²) in [5, 5.41) is 8.71. The molecule has 2 fully saturated rings. The number of carbonyl (C=O) groups excluding carboxylic acids is 1. The Morgan fingerprint density at radius 1 is 1.03 bits per heavy atom. The first kappa shape index (κ1) is 24.1. The van der Waals surface area contributed by atoms with E-state index in [-0.39, 0.29) is 36.6 Å². The van der Waals surface area contributed by atoms with E-state index in [0.717, 1.165) is 12.8 Å². The zero-order valence-corrected chi connectivity index (χ0v) is 18.1. The lowest BCUT2D eigenvalue weighted by Gasteiger charge is -2.51. The van der Waals surface area contributed by atoms with E-state index in [1.54, 1.807) is 14.2 Å². The number of carboxylic acid groups (broad SMARTS) is 1. The zero-order chi connectivity index (χ0) is 21.5. The van der Waals surface area contributed by atoms with Gasteiger partial charge in [0.2, 0.25) is 0 Å². The fraction of sp³-hybridized carbons (Fsp3) is 0.905. The molecule has 2 saturated heterocycles. The first-order valence-electron chi connectivity index (χ1n) is 10.6. The summed E-state index contributed by atoms with van der Waals surface area (Å²) < 4.78 is 28.7. The molecule has 5 unspecified atom stereocenters. The van der Waals surface area contributed by atoms with Crippen LogP contribution >= 0.6 is 0 Å². The van der Waals surface area contributed by atoms with Crippen molar-refractivity contribution in [3.63, 3.8) is 0 Å². The van der Waals surface area contributed by atoms with Gasteiger partial charge in [0.25, 0.3) is 0 Å². The number of rotatable bonds is 14. The molecule has 0 aromatic carbocycles. The molecule has 5 atom stereocenters. The zero-order valence-electron chi connectivity index (χ0n) is 18.1. The lowest BCUT2D eigenvalue weighted by Crippen LogP contribution is -2.65. The topological polar surface area (TPSA) is 101 Å². The molecule has 0 aromatic heterocycles. The number of hydrogen-bond acceptors (Lipinski definition) is 7. The second-order valence-electron chi connectivity index (χ2n) is 7.98. The first-order chi connectivity index (χ1) is 13.9. The Balaban J connectivity index is 1.95. The Bertz CT molecular complexity index is 530. The highest BCUT2D eigenvalue weighted by Crippen LogP contribution is 2.40. The fourth-order valence-electron chi connectivity index (χ4n) is 4.19. The lowest BCUT2D eigenvalue weighted by atomic mass is 9.81. The molecule has 29 heavy (non-hydrogen) atoms. The molecule has 2 heterocycles. The molecule has 2 rings (SSSR count). The first-order valence-corrected chi connectivity index (χ1v) is 10.6. The van der Waals surface area contributed by atoms with Crippen LogP contribution in [0, 0.1) is 0 Å². The Kier molecular flexibility index (Phi) is 8.88. The number of methoxy groups -OCH3 is 2. The Labute approximate surface area is 173 Å². The summed E-state index contributed by atoms with van der Waals surface area (Å²) in [6, 6.07) is 0. The minimum Gasteiger partial charge on any atom is -0.481 e. The van der Waals surface area contributed by atoms with Crippen molar-refractivity contribution in [2.45, 2.75) is 94.7 Å². The minimum absolute atomic E-state index is 0.0343. The standard InChI is InChI=1S/C21H36O8/c1-5-20(25-3)13-27-16(20)12-11-15(19-21(6-2,26-4)14-28-19)29-18(24)10-8-7-9-17(22)23/h15-16,19H,5-14H2,1-4H3,(H,22,23). The van der Waals surface area contributed by atoms with Crippen LogP contribution in [-0.2, 0) is 33.3 Å². The largest absolute Gasteiger partial charge is 0.481 e. The van der Waals surface area contributed by atoms with Gasteiger partial charge in [0.15, 0.2) is 0 Å². The van der Waals surface area contributed by atoms with Crippen LogP contribution in [-0.4, -0.2) is 74.0 Å². The summed E-state index contributed by atoms with van der Waals surface area (Å²) in [6.45, 7) is 5.17. The van der Waals surface area contributed by atoms with Crippen molar-refractivity contribution in [2.24, 2.45) is 0 Å². The highest BCUT2D eigenvalue weighted by molar-refractivity contribution is 5.70. The molecule has 0 aromatic rings. The number of unbranched alkanes of at least 4 members (excludes halogenated alkanes) is 1. The second kappa shape index (κ2) is 10.7. The number of esters is 1. The normalized spacial score (nSPS) is 32.1. The van der Waals surface area contributed by atoms with Gasteiger partial charge in [0, 0.05) is 27.1 Å². The molecule has 8 heteroatoms. The van der Waals surface area contributed by atoms with Gasteiger partial charge in [-0.25, -0.2) is 0 Å². The van der Waals surface area contributed by atoms with Crippen LogP contribution in [0.2, 0.25) is 0 Å². The average molecular weight is 417 g/mol. The van der Waals surface area contributed by atoms with Gasteiger partial charge in [-0.1, -0.05) is 13.8 Å². The monoisotopic (exact) mass is 416 g/mol. The van der Waals surface area contributed by atoms with E-state index >= 15 is 0 Å². The van der Waals surface area contributed by atoms with Crippen LogP contribution in [0.4, 0.5) is 0 Å². The van der Waals surface area contributed by atoms with Gasteiger partial charge in [0.1, 0.15) is 23.4 Å². The maximum Gasteiger partial charge on any atom is 0.306 e. The third kappa shape index (κ3) is 5.48. The summed E-state index contributed by atoms with van der Waals surface area (Å²) in [6.07, 6.45) is 3.30. The van der Waals surface area contributed by atoms with Crippen molar-refractivity contribution in [3.05, 3.63) is 0 Å². The third-order valence-electron chi connectivity index (χ3n) is 6.51. The predicted molar refractivity (Wildman–Crippen MR) is 105 cm³/mol. The van der Waals surface area contributed by atoms with Gasteiger partial charge in [-0.3, -0.25) is 9.59 Å². The molecule has 0 amide bonds. The highest BCUT2D eigenvalue weighted by Gasteiger charge is 2.54. The third-order valence-corrected chi connectivity index (χ3v) is 6.51. The molecule has 2 aliphatic rings. The quantitative estimate of drug-likeness (QED) is 0.341. The van der Waals surface area contributed by atoms with Crippen molar-refractivity contribution in [3.8, 4) is 0 Å². The molecule has 1 N–H and O–H groups in total. The van der Waals surface area contributed by atoms with Gasteiger partial charge in [-0.15, -0.1) is 0 Å². The Morgan fingerprint density at radius 2 is 1.66 bits per heavy atom. The highest BCUT2D eigenvalue weighted by atomic mass is 16.6. The van der Waals surface area contributed by atoms with Crippen molar-refractivity contribution < 1.29 is 38.4 Å². The maximum absolute atomic E-state index is 12.4. The van der Waals surface area contributed by atoms with Crippen LogP contribution in [0.25, 0.3) is 0 Å². The molecule has 0 radical (unpaired) electrons. The van der Waals surface area contributed by atoms with E-state index in [1.807, 2.05) is 6.92 Å². The van der Waals surface area contributed by atoms with Crippen LogP contribution in [0.5, 0.6) is 0 Å². The summed E-state index contributed by atoms with van der Waals surface area (Å²) >= 11 is 0. The molecule has 168 valence electrons. The van der Waals surface area contributed by atoms with E-state index in [4.69, 9.17) is 28.8 Å². The summed E-state index contributed by atoms with van der Waals surface area (Å²) in [4.78, 5) is 23.0. The molecular formula is C21H36O8. The molecule has 0 bridgehead atoms. The smallest absolute Gasteiger partial charge is 0.306 e. The number of carbonyl (C=O) groups is 2. The summed E-state index contributed by atoms with van der Waals surface area (Å²) in [5.74, 6) is -1.19. The van der Waals surface area contributed by atoms with Gasteiger partial charge < -0.3 is 28.8 Å². The molecule has 2 aliphatic heterocycles. The summed E-state index contributed by atoms with van der Waals surface area (Å²) in [5.41, 5.74) is -0.715. The maximum atomic E-state index is 12.4. The minimum atomic E-state index is -0.856. The van der Waals surface area contributed by atoms with Gasteiger partial charge in [0.05, 0.1) is 19.3 Å². The predicted octanol–water partition coefficient (Wildman–Crippen LogP) is 2.71. The van der Waals surface area contributed by atoms with Crippen molar-refractivity contribution in [1.29, 1.82) is 0 Å². The molecule has 0 spiro atoms. The van der Waals surface area contributed by atoms with Crippen molar-refractivity contribution >= 4 is 11.9 Å². The number of aliphatic carboxylic acids is 1. The number of hydrogen-bond donors (Lipinski definition) is 1. The van der Waals surface area contributed by atoms with Crippen LogP contribution in [0.3, 0.4) is 0 Å². The molecule has 8 nitrogen and oxygen atoms in total. The number of carboxylic acids is 1. The van der Waals surface area contributed by atoms with E-state index < -0.39 is 17.7 Å². The van der Waals surface area contributed by atoms with Crippen molar-refractivity contribution in [1.82, 2.24) is 0 Å². The SMILES string of the molecule is CCC1(OC)COC1CCC(OC(=O)CCCCC(=O)O)C1OCC1(CC)OC.